The van der Waals surface area contributed by atoms with Crippen LogP contribution in [-0.4, -0.2) is 22.5 Å². The zero-order valence-electron chi connectivity index (χ0n) is 11.9. The third-order valence-electron chi connectivity index (χ3n) is 4.08. The Hall–Kier alpha value is -0.970. The highest BCUT2D eigenvalue weighted by Gasteiger charge is 2.57. The van der Waals surface area contributed by atoms with Gasteiger partial charge in [-0.2, -0.15) is 0 Å². The fourth-order valence-electron chi connectivity index (χ4n) is 3.49. The quantitative estimate of drug-likeness (QED) is 0.746. The molecule has 4 nitrogen and oxygen atoms in total. The Morgan fingerprint density at radius 3 is 2.75 bits per heavy atom. The molecule has 0 amide bonds. The number of carbonyl (C=O) groups excluding carboxylic acids is 1. The minimum Gasteiger partial charge on any atom is -0.340 e. The first-order chi connectivity index (χ1) is 9.30. The van der Waals surface area contributed by atoms with Gasteiger partial charge >= 0.3 is 0 Å². The Morgan fingerprint density at radius 2 is 2.05 bits per heavy atom. The lowest BCUT2D eigenvalue weighted by Gasteiger charge is -2.42. The first-order valence-electron chi connectivity index (χ1n) is 6.78. The predicted octanol–water partition coefficient (Wildman–Crippen LogP) is 3.30. The molecule has 20 heavy (non-hydrogen) atoms. The predicted molar refractivity (Wildman–Crippen MR) is 74.4 cm³/mol. The Kier molecular flexibility index (Phi) is 3.16. The number of nitrogens with zero attached hydrogens (tertiary/aromatic N) is 1. The lowest BCUT2D eigenvalue weighted by molar-refractivity contribution is -0.137. The largest absolute Gasteiger partial charge is 0.340 e. The van der Waals surface area contributed by atoms with Gasteiger partial charge in [-0.15, -0.1) is 0 Å². The van der Waals surface area contributed by atoms with E-state index in [2.05, 4.69) is 4.98 Å². The summed E-state index contributed by atoms with van der Waals surface area (Å²) in [5.74, 6) is 0.219. The zero-order chi connectivity index (χ0) is 14.5. The maximum absolute atomic E-state index is 12.0. The van der Waals surface area contributed by atoms with Crippen LogP contribution in [0.25, 0.3) is 0 Å². The van der Waals surface area contributed by atoms with Crippen LogP contribution in [0.5, 0.6) is 0 Å². The molecule has 1 saturated carbocycles. The summed E-state index contributed by atoms with van der Waals surface area (Å²) in [7, 11) is 0. The van der Waals surface area contributed by atoms with Crippen LogP contribution >= 0.6 is 11.6 Å². The summed E-state index contributed by atoms with van der Waals surface area (Å²) in [6.45, 7) is 6.04. The second-order valence-electron chi connectivity index (χ2n) is 6.54. The van der Waals surface area contributed by atoms with E-state index in [4.69, 9.17) is 21.1 Å². The van der Waals surface area contributed by atoms with E-state index >= 15 is 0 Å². The lowest BCUT2D eigenvalue weighted by atomic mass is 9.67. The van der Waals surface area contributed by atoms with E-state index in [0.717, 1.165) is 0 Å². The molecule has 2 aliphatic rings. The van der Waals surface area contributed by atoms with E-state index in [9.17, 15) is 4.79 Å². The Bertz CT molecular complexity index is 560. The molecule has 3 rings (SSSR count). The first kappa shape index (κ1) is 14.0. The Balaban J connectivity index is 1.92. The molecule has 5 heteroatoms. The average molecular weight is 296 g/mol. The van der Waals surface area contributed by atoms with E-state index in [1.165, 1.54) is 0 Å². The van der Waals surface area contributed by atoms with Gasteiger partial charge in [0.05, 0.1) is 11.8 Å². The average Bonchev–Trinajstić information content (AvgIpc) is 2.66. The van der Waals surface area contributed by atoms with E-state index in [-0.39, 0.29) is 17.3 Å². The molecule has 2 heterocycles. The SMILES string of the molecule is CC1(C)CC(=O)CC2(C)OC(c3cccc(Cl)n3)OC12. The number of halogens is 1. The van der Waals surface area contributed by atoms with Crippen molar-refractivity contribution in [3.8, 4) is 0 Å². The summed E-state index contributed by atoms with van der Waals surface area (Å²) in [5.41, 5.74) is -0.179. The highest BCUT2D eigenvalue weighted by atomic mass is 35.5. The highest BCUT2D eigenvalue weighted by Crippen LogP contribution is 2.51. The Morgan fingerprint density at radius 1 is 1.30 bits per heavy atom. The topological polar surface area (TPSA) is 48.4 Å². The molecule has 0 spiro atoms. The number of hydrogen-bond donors (Lipinski definition) is 0. The molecule has 108 valence electrons. The fourth-order valence-corrected chi connectivity index (χ4v) is 3.66. The summed E-state index contributed by atoms with van der Waals surface area (Å²) < 4.78 is 12.1. The molecule has 1 aromatic heterocycles. The number of aromatic nitrogens is 1. The van der Waals surface area contributed by atoms with Crippen molar-refractivity contribution in [3.05, 3.63) is 29.0 Å². The van der Waals surface area contributed by atoms with E-state index in [0.29, 0.717) is 23.7 Å². The normalized spacial score (nSPS) is 35.9. The second-order valence-corrected chi connectivity index (χ2v) is 6.93. The molecule has 3 unspecified atom stereocenters. The van der Waals surface area contributed by atoms with Gasteiger partial charge in [0.1, 0.15) is 16.5 Å². The summed E-state index contributed by atoms with van der Waals surface area (Å²) >= 11 is 5.91. The van der Waals surface area contributed by atoms with Crippen LogP contribution in [0, 0.1) is 5.41 Å². The molecule has 1 aromatic rings. The number of ketones is 1. The van der Waals surface area contributed by atoms with Gasteiger partial charge in [-0.25, -0.2) is 4.98 Å². The van der Waals surface area contributed by atoms with Crippen molar-refractivity contribution >= 4 is 17.4 Å². The minimum atomic E-state index is -0.590. The standard InChI is InChI=1S/C15H18ClNO3/c1-14(2)7-9(18)8-15(3)13(14)19-12(20-15)10-5-4-6-11(16)17-10/h4-6,12-13H,7-8H2,1-3H3. The van der Waals surface area contributed by atoms with Crippen molar-refractivity contribution in [2.45, 2.75) is 51.6 Å². The van der Waals surface area contributed by atoms with E-state index < -0.39 is 11.9 Å². The van der Waals surface area contributed by atoms with Crippen molar-refractivity contribution in [1.29, 1.82) is 0 Å². The molecular formula is C15H18ClNO3. The Labute approximate surface area is 123 Å². The van der Waals surface area contributed by atoms with Crippen molar-refractivity contribution in [1.82, 2.24) is 4.98 Å². The number of rotatable bonds is 1. The summed E-state index contributed by atoms with van der Waals surface area (Å²) in [6, 6.07) is 5.35. The van der Waals surface area contributed by atoms with Crippen LogP contribution in [0.3, 0.4) is 0 Å². The number of Topliss-reactive ketones (excluding diaryl/α,β-unsaturated/α-hetero) is 1. The molecule has 2 fully saturated rings. The van der Waals surface area contributed by atoms with Crippen molar-refractivity contribution in [2.24, 2.45) is 5.41 Å². The number of ether oxygens (including phenoxy) is 2. The molecule has 1 saturated heterocycles. The molecule has 0 aromatic carbocycles. The van der Waals surface area contributed by atoms with Gasteiger partial charge < -0.3 is 9.47 Å². The van der Waals surface area contributed by atoms with Gasteiger partial charge in [-0.3, -0.25) is 4.79 Å². The molecule has 1 aliphatic carbocycles. The fraction of sp³-hybridized carbons (Fsp3) is 0.600. The first-order valence-corrected chi connectivity index (χ1v) is 7.15. The van der Waals surface area contributed by atoms with Crippen LogP contribution in [0.15, 0.2) is 18.2 Å². The number of fused-ring (bicyclic) bond motifs is 1. The molecule has 0 N–H and O–H groups in total. The number of pyridine rings is 1. The number of hydrogen-bond acceptors (Lipinski definition) is 4. The summed E-state index contributed by atoms with van der Waals surface area (Å²) in [5, 5.41) is 0.407. The highest BCUT2D eigenvalue weighted by molar-refractivity contribution is 6.29. The van der Waals surface area contributed by atoms with Crippen LogP contribution in [0.2, 0.25) is 5.15 Å². The second kappa shape index (κ2) is 4.52. The van der Waals surface area contributed by atoms with Gasteiger partial charge in [0.25, 0.3) is 0 Å². The van der Waals surface area contributed by atoms with Crippen molar-refractivity contribution in [3.63, 3.8) is 0 Å². The van der Waals surface area contributed by atoms with E-state index in [1.54, 1.807) is 6.07 Å². The maximum Gasteiger partial charge on any atom is 0.202 e. The summed E-state index contributed by atoms with van der Waals surface area (Å²) in [4.78, 5) is 16.2. The monoisotopic (exact) mass is 295 g/mol. The molecule has 0 bridgehead atoms. The van der Waals surface area contributed by atoms with Crippen molar-refractivity contribution < 1.29 is 14.3 Å². The maximum atomic E-state index is 12.0. The van der Waals surface area contributed by atoms with Gasteiger partial charge in [-0.05, 0) is 19.1 Å². The van der Waals surface area contributed by atoms with Crippen LogP contribution in [-0.2, 0) is 14.3 Å². The van der Waals surface area contributed by atoms with Gasteiger partial charge in [0, 0.05) is 18.3 Å². The molecule has 0 radical (unpaired) electrons. The number of carbonyl (C=O) groups is 1. The molecule has 3 atom stereocenters. The van der Waals surface area contributed by atoms with Gasteiger partial charge in [0.2, 0.25) is 6.29 Å². The van der Waals surface area contributed by atoms with Gasteiger partial charge in [0.15, 0.2) is 0 Å². The smallest absolute Gasteiger partial charge is 0.202 e. The third kappa shape index (κ3) is 2.26. The lowest BCUT2D eigenvalue weighted by Crippen LogP contribution is -2.52. The minimum absolute atomic E-state index is 0.126. The van der Waals surface area contributed by atoms with Crippen LogP contribution < -0.4 is 0 Å². The van der Waals surface area contributed by atoms with Crippen LogP contribution in [0.1, 0.15) is 45.6 Å². The molecule has 1 aliphatic heterocycles. The van der Waals surface area contributed by atoms with Crippen LogP contribution in [0.4, 0.5) is 0 Å². The third-order valence-corrected chi connectivity index (χ3v) is 4.29. The van der Waals surface area contributed by atoms with Crippen molar-refractivity contribution in [2.75, 3.05) is 0 Å². The zero-order valence-corrected chi connectivity index (χ0v) is 12.6. The van der Waals surface area contributed by atoms with E-state index in [1.807, 2.05) is 32.9 Å². The molecular weight excluding hydrogens is 278 g/mol. The summed E-state index contributed by atoms with van der Waals surface area (Å²) in [6.07, 6.45) is 0.220. The van der Waals surface area contributed by atoms with Gasteiger partial charge in [-0.1, -0.05) is 31.5 Å².